The summed E-state index contributed by atoms with van der Waals surface area (Å²) in [6.07, 6.45) is -12.8. The van der Waals surface area contributed by atoms with Gasteiger partial charge in [0.25, 0.3) is 0 Å². The van der Waals surface area contributed by atoms with Crippen molar-refractivity contribution in [2.45, 2.75) is 235 Å². The molecule has 0 aromatic carbocycles. The number of Topliss-reactive ketones (excluding diaryl/α,β-unsaturated/α-hetero) is 3. The van der Waals surface area contributed by atoms with Gasteiger partial charge in [0.2, 0.25) is 29.5 Å². The average molecular weight is 1460 g/mol. The van der Waals surface area contributed by atoms with Crippen LogP contribution in [0.1, 0.15) is 137 Å². The second-order valence-corrected chi connectivity index (χ2v) is 24.4. The zero-order chi connectivity index (χ0) is 75.0. The third-order valence-corrected chi connectivity index (χ3v) is 16.4. The quantitative estimate of drug-likeness (QED) is 0.0264. The van der Waals surface area contributed by atoms with Gasteiger partial charge in [-0.15, -0.1) is 0 Å². The maximum Gasteiger partial charge on any atom is 0.220 e. The molecule has 0 aliphatic carbocycles. The zero-order valence-corrected chi connectivity index (χ0v) is 59.7. The van der Waals surface area contributed by atoms with E-state index in [1.807, 2.05) is 13.8 Å². The average Bonchev–Trinajstić information content (AvgIpc) is 0.881. The predicted molar refractivity (Wildman–Crippen MR) is 355 cm³/mol. The molecule has 14 N–H and O–H groups in total. The molecular formula is C66H119N5O30. The fourth-order valence-corrected chi connectivity index (χ4v) is 11.0. The third-order valence-electron chi connectivity index (χ3n) is 16.4. The second-order valence-electron chi connectivity index (χ2n) is 24.4. The molecule has 3 saturated heterocycles. The standard InChI is InChI=1S/C64H113N5O30.C2H6/c1-41(73)66-52-58(84)55(81)47(38-70)97-61(52)94-35-32-91-29-26-88-23-8-12-45(77)15-18-64(69-51(80)14-7-11-44(76)10-5-6-22-87-4,19-16-46(78)13-9-24-89-27-30-92-33-36-95-62-53(67-42(2)74)59(85)56(82)48(39-71)98-62)20-17-50(79)65-21-25-90-28-31-93-34-37-96-63-54(68-43(3)75)60(86)57(83)49(40-72)99-63;1-2/h47-49,52-63,70-72,81-86H,5-40H2,1-4H3,(H,65,79)(H,66,73)(H,67,74)(H,68,75)(H,69,80);1-2H3. The summed E-state index contributed by atoms with van der Waals surface area (Å²) >= 11 is 0. The topological polar surface area (TPSA) is 499 Å². The van der Waals surface area contributed by atoms with Gasteiger partial charge in [0, 0.05) is 111 Å². The Kier molecular flexibility index (Phi) is 50.4. The smallest absolute Gasteiger partial charge is 0.220 e. The van der Waals surface area contributed by atoms with Gasteiger partial charge in [-0.1, -0.05) is 13.8 Å². The van der Waals surface area contributed by atoms with Gasteiger partial charge in [0.15, 0.2) is 18.9 Å². The Balaban J connectivity index is 0.0000172. The highest BCUT2D eigenvalue weighted by atomic mass is 16.7. The van der Waals surface area contributed by atoms with Crippen LogP contribution in [0.15, 0.2) is 0 Å². The highest BCUT2D eigenvalue weighted by Gasteiger charge is 2.48. The van der Waals surface area contributed by atoms with Gasteiger partial charge in [0.05, 0.1) is 106 Å². The van der Waals surface area contributed by atoms with Crippen molar-refractivity contribution < 1.29 is 146 Å². The Morgan fingerprint density at radius 2 is 0.693 bits per heavy atom. The molecule has 5 amide bonds. The molecule has 0 bridgehead atoms. The lowest BCUT2D eigenvalue weighted by atomic mass is 9.81. The van der Waals surface area contributed by atoms with E-state index < -0.39 is 147 Å². The molecule has 3 aliphatic heterocycles. The van der Waals surface area contributed by atoms with Crippen LogP contribution in [0, 0.1) is 0 Å². The van der Waals surface area contributed by atoms with Crippen molar-refractivity contribution in [2.24, 2.45) is 0 Å². The minimum Gasteiger partial charge on any atom is -0.394 e. The Morgan fingerprint density at radius 1 is 0.366 bits per heavy atom. The van der Waals surface area contributed by atoms with E-state index in [0.717, 1.165) is 0 Å². The lowest BCUT2D eigenvalue weighted by Gasteiger charge is -2.42. The maximum absolute atomic E-state index is 13.9. The number of hydrogen-bond acceptors (Lipinski definition) is 30. The molecule has 0 aromatic heterocycles. The molecule has 0 radical (unpaired) electrons. The van der Waals surface area contributed by atoms with Crippen molar-refractivity contribution in [1.29, 1.82) is 0 Å². The number of methoxy groups -OCH3 is 1. The number of hydrogen-bond donors (Lipinski definition) is 14. The zero-order valence-electron chi connectivity index (χ0n) is 59.7. The van der Waals surface area contributed by atoms with Crippen molar-refractivity contribution in [1.82, 2.24) is 26.6 Å². The fourth-order valence-electron chi connectivity index (χ4n) is 11.0. The number of ether oxygens (including phenoxy) is 13. The summed E-state index contributed by atoms with van der Waals surface area (Å²) in [6, 6.07) is -3.32. The third kappa shape index (κ3) is 38.4. The summed E-state index contributed by atoms with van der Waals surface area (Å²) in [5, 5.41) is 104. The molecule has 0 aromatic rings. The lowest BCUT2D eigenvalue weighted by Crippen LogP contribution is -2.64. The van der Waals surface area contributed by atoms with Crippen LogP contribution in [0.3, 0.4) is 0 Å². The number of nitrogens with one attached hydrogen (secondary N) is 5. The van der Waals surface area contributed by atoms with Gasteiger partial charge in [0.1, 0.15) is 90.4 Å². The van der Waals surface area contributed by atoms with Crippen LogP contribution in [0.5, 0.6) is 0 Å². The first-order chi connectivity index (χ1) is 48.5. The Morgan fingerprint density at radius 3 is 1.06 bits per heavy atom. The van der Waals surface area contributed by atoms with E-state index in [-0.39, 0.29) is 194 Å². The number of carbonyl (C=O) groups is 8. The van der Waals surface area contributed by atoms with Crippen molar-refractivity contribution in [3.63, 3.8) is 0 Å². The van der Waals surface area contributed by atoms with Gasteiger partial charge in [-0.25, -0.2) is 0 Å². The molecule has 3 fully saturated rings. The van der Waals surface area contributed by atoms with E-state index in [1.165, 1.54) is 20.8 Å². The summed E-state index contributed by atoms with van der Waals surface area (Å²) in [4.78, 5) is 103. The van der Waals surface area contributed by atoms with Gasteiger partial charge in [-0.3, -0.25) is 38.4 Å². The number of aliphatic hydroxyl groups is 9. The van der Waals surface area contributed by atoms with E-state index in [9.17, 15) is 84.3 Å². The summed E-state index contributed by atoms with van der Waals surface area (Å²) in [5.74, 6) is -2.65. The van der Waals surface area contributed by atoms with Crippen LogP contribution in [0.25, 0.3) is 0 Å². The number of rotatable bonds is 57. The number of carbonyl (C=O) groups excluding carboxylic acids is 8. The van der Waals surface area contributed by atoms with Crippen molar-refractivity contribution in [3.8, 4) is 0 Å². The van der Waals surface area contributed by atoms with Gasteiger partial charge in [-0.05, 0) is 51.4 Å². The van der Waals surface area contributed by atoms with Crippen LogP contribution in [-0.2, 0) is 99.9 Å². The van der Waals surface area contributed by atoms with Crippen LogP contribution in [0.2, 0.25) is 0 Å². The summed E-state index contributed by atoms with van der Waals surface area (Å²) < 4.78 is 72.4. The van der Waals surface area contributed by atoms with E-state index in [0.29, 0.717) is 38.7 Å². The molecule has 15 unspecified atom stereocenters. The van der Waals surface area contributed by atoms with Gasteiger partial charge >= 0.3 is 0 Å². The van der Waals surface area contributed by atoms with E-state index in [4.69, 9.17) is 61.6 Å². The maximum atomic E-state index is 13.9. The molecule has 3 heterocycles. The van der Waals surface area contributed by atoms with Crippen molar-refractivity contribution in [3.05, 3.63) is 0 Å². The molecule has 0 spiro atoms. The molecule has 3 aliphatic rings. The Bertz CT molecular complexity index is 2090. The SMILES string of the molecule is CC.COCCCCC(=O)CCCC(=O)NC(CCC(=O)CCCOCCOCCOC1OC(CO)C(O)C(O)C1NC(C)=O)(CCC(=O)CCCOCCOCCOC1OC(CO)C(O)C(O)C1NC(C)=O)CCC(=O)NCCOCCOCCOC1OC(CO)C(O)C(O)C1NC(C)=O. The number of unbranched alkanes of at least 4 members (excludes halogenated alkanes) is 1. The summed E-state index contributed by atoms with van der Waals surface area (Å²) in [5.41, 5.74) is -1.22. The van der Waals surface area contributed by atoms with Crippen LogP contribution >= 0.6 is 0 Å². The molecule has 0 saturated carbocycles. The van der Waals surface area contributed by atoms with Crippen molar-refractivity contribution >= 4 is 46.9 Å². The summed E-state index contributed by atoms with van der Waals surface area (Å²) in [7, 11) is 1.58. The predicted octanol–water partition coefficient (Wildman–Crippen LogP) is -3.44. The van der Waals surface area contributed by atoms with Crippen LogP contribution in [0.4, 0.5) is 0 Å². The molecule has 15 atom stereocenters. The molecule has 35 nitrogen and oxygen atoms in total. The number of ketones is 3. The monoisotopic (exact) mass is 1460 g/mol. The number of aliphatic hydroxyl groups excluding tert-OH is 9. The van der Waals surface area contributed by atoms with Gasteiger partial charge in [-0.2, -0.15) is 0 Å². The van der Waals surface area contributed by atoms with Crippen LogP contribution < -0.4 is 26.6 Å². The van der Waals surface area contributed by atoms with E-state index >= 15 is 0 Å². The largest absolute Gasteiger partial charge is 0.394 e. The second kappa shape index (κ2) is 55.0. The lowest BCUT2D eigenvalue weighted by molar-refractivity contribution is -0.272. The molecule has 35 heteroatoms. The first kappa shape index (κ1) is 92.6. The Hall–Kier alpha value is -4.52. The van der Waals surface area contributed by atoms with E-state index in [2.05, 4.69) is 26.6 Å². The molecule has 101 heavy (non-hydrogen) atoms. The first-order valence-electron chi connectivity index (χ1n) is 35.1. The van der Waals surface area contributed by atoms with Crippen molar-refractivity contribution in [2.75, 3.05) is 139 Å². The van der Waals surface area contributed by atoms with Crippen LogP contribution in [-0.4, -0.2) is 329 Å². The summed E-state index contributed by atoms with van der Waals surface area (Å²) in [6.45, 7) is 7.85. The highest BCUT2D eigenvalue weighted by molar-refractivity contribution is 5.82. The molecule has 588 valence electrons. The molecular weight excluding hydrogens is 1340 g/mol. The molecule has 3 rings (SSSR count). The minimum absolute atomic E-state index is 0.00574. The Labute approximate surface area is 591 Å². The highest BCUT2D eigenvalue weighted by Crippen LogP contribution is 2.29. The minimum atomic E-state index is -1.47. The first-order valence-corrected chi connectivity index (χ1v) is 35.1. The number of amides is 5. The fraction of sp³-hybridized carbons (Fsp3) is 0.879. The van der Waals surface area contributed by atoms with E-state index in [1.54, 1.807) is 7.11 Å². The normalized spacial score (nSPS) is 25.6. The van der Waals surface area contributed by atoms with Gasteiger partial charge < -0.3 is 134 Å².